The van der Waals surface area contributed by atoms with Gasteiger partial charge in [-0.05, 0) is 46.1 Å². The molecule has 2 aromatic rings. The lowest BCUT2D eigenvalue weighted by Gasteiger charge is -2.33. The number of piperazine rings is 1. The summed E-state index contributed by atoms with van der Waals surface area (Å²) in [7, 11) is 1.54. The van der Waals surface area contributed by atoms with Gasteiger partial charge in [0.15, 0.2) is 11.5 Å². The Kier molecular flexibility index (Phi) is 6.16. The first kappa shape index (κ1) is 18.7. The van der Waals surface area contributed by atoms with E-state index in [-0.39, 0.29) is 5.75 Å². The van der Waals surface area contributed by atoms with E-state index < -0.39 is 0 Å². The van der Waals surface area contributed by atoms with E-state index in [1.807, 2.05) is 12.3 Å². The van der Waals surface area contributed by atoms with Crippen molar-refractivity contribution in [1.82, 2.24) is 9.91 Å². The Balaban J connectivity index is 1.54. The molecule has 2 aromatic carbocycles. The smallest absolute Gasteiger partial charge is 0.172 e. The fourth-order valence-corrected chi connectivity index (χ4v) is 3.39. The second kappa shape index (κ2) is 8.56. The van der Waals surface area contributed by atoms with Crippen LogP contribution in [-0.4, -0.2) is 54.5 Å². The van der Waals surface area contributed by atoms with E-state index in [1.165, 1.54) is 18.2 Å². The minimum Gasteiger partial charge on any atom is -0.503 e. The number of hydrazone groups is 1. The molecule has 1 aliphatic heterocycles. The van der Waals surface area contributed by atoms with Gasteiger partial charge in [-0.25, -0.2) is 0 Å². The highest BCUT2D eigenvalue weighted by molar-refractivity contribution is 9.10. The molecule has 0 spiro atoms. The predicted octanol–water partition coefficient (Wildman–Crippen LogP) is 3.62. The summed E-state index contributed by atoms with van der Waals surface area (Å²) in [4.78, 5) is 2.46. The minimum atomic E-state index is 0.106. The fraction of sp³-hybridized carbons (Fsp3) is 0.350. The van der Waals surface area contributed by atoms with E-state index in [4.69, 9.17) is 4.74 Å². The van der Waals surface area contributed by atoms with Crippen LogP contribution in [0, 0.1) is 6.92 Å². The molecule has 0 aromatic heterocycles. The van der Waals surface area contributed by atoms with Crippen LogP contribution >= 0.6 is 15.9 Å². The van der Waals surface area contributed by atoms with Crippen molar-refractivity contribution in [3.8, 4) is 11.5 Å². The third kappa shape index (κ3) is 4.77. The molecule has 1 aliphatic rings. The molecule has 5 nitrogen and oxygen atoms in total. The first-order chi connectivity index (χ1) is 12.5. The molecule has 1 fully saturated rings. The van der Waals surface area contributed by atoms with Crippen molar-refractivity contribution >= 4 is 22.1 Å². The van der Waals surface area contributed by atoms with Gasteiger partial charge < -0.3 is 9.84 Å². The van der Waals surface area contributed by atoms with Crippen molar-refractivity contribution in [2.45, 2.75) is 13.5 Å². The monoisotopic (exact) mass is 417 g/mol. The maximum Gasteiger partial charge on any atom is 0.172 e. The molecule has 0 saturated carbocycles. The van der Waals surface area contributed by atoms with Gasteiger partial charge in [-0.2, -0.15) is 5.10 Å². The molecule has 1 saturated heterocycles. The Labute approximate surface area is 163 Å². The Morgan fingerprint density at radius 1 is 1.15 bits per heavy atom. The van der Waals surface area contributed by atoms with Gasteiger partial charge in [0.05, 0.1) is 17.8 Å². The molecular formula is C20H24BrN3O2. The van der Waals surface area contributed by atoms with Crippen LogP contribution in [0.15, 0.2) is 46.0 Å². The second-order valence-corrected chi connectivity index (χ2v) is 7.37. The maximum absolute atomic E-state index is 9.87. The van der Waals surface area contributed by atoms with E-state index in [0.29, 0.717) is 10.2 Å². The number of aryl methyl sites for hydroxylation is 1. The lowest BCUT2D eigenvalue weighted by atomic mass is 10.1. The number of halogens is 1. The molecule has 0 bridgehead atoms. The highest BCUT2D eigenvalue weighted by Crippen LogP contribution is 2.34. The summed E-state index contributed by atoms with van der Waals surface area (Å²) in [6, 6.07) is 12.3. The number of methoxy groups -OCH3 is 1. The number of benzene rings is 2. The highest BCUT2D eigenvalue weighted by Gasteiger charge is 2.15. The zero-order chi connectivity index (χ0) is 18.5. The summed E-state index contributed by atoms with van der Waals surface area (Å²) < 4.78 is 5.77. The minimum absolute atomic E-state index is 0.106. The Hall–Kier alpha value is -2.05. The van der Waals surface area contributed by atoms with Crippen LogP contribution in [0.25, 0.3) is 0 Å². The van der Waals surface area contributed by atoms with Crippen LogP contribution in [0.1, 0.15) is 16.7 Å². The third-order valence-corrected chi connectivity index (χ3v) is 5.12. The number of rotatable bonds is 5. The molecule has 0 unspecified atom stereocenters. The van der Waals surface area contributed by atoms with Crippen LogP contribution in [0.3, 0.4) is 0 Å². The molecule has 1 N–H and O–H groups in total. The predicted molar refractivity (Wildman–Crippen MR) is 108 cm³/mol. The van der Waals surface area contributed by atoms with E-state index >= 15 is 0 Å². The first-order valence-electron chi connectivity index (χ1n) is 8.68. The Morgan fingerprint density at radius 3 is 2.50 bits per heavy atom. The average Bonchev–Trinajstić information content (AvgIpc) is 2.65. The van der Waals surface area contributed by atoms with Gasteiger partial charge in [-0.1, -0.05) is 29.8 Å². The van der Waals surface area contributed by atoms with Crippen LogP contribution in [0.4, 0.5) is 0 Å². The molecule has 26 heavy (non-hydrogen) atoms. The quantitative estimate of drug-likeness (QED) is 0.754. The van der Waals surface area contributed by atoms with Crippen LogP contribution in [0.2, 0.25) is 0 Å². The van der Waals surface area contributed by atoms with Crippen LogP contribution in [0.5, 0.6) is 11.5 Å². The van der Waals surface area contributed by atoms with Gasteiger partial charge in [0, 0.05) is 32.7 Å². The maximum atomic E-state index is 9.87. The summed E-state index contributed by atoms with van der Waals surface area (Å²) in [6.07, 6.45) is 1.81. The summed E-state index contributed by atoms with van der Waals surface area (Å²) in [5.74, 6) is 0.540. The molecule has 1 heterocycles. The van der Waals surface area contributed by atoms with Crippen molar-refractivity contribution in [3.05, 3.63) is 57.6 Å². The Bertz CT molecular complexity index is 769. The zero-order valence-corrected chi connectivity index (χ0v) is 16.7. The van der Waals surface area contributed by atoms with Crippen LogP contribution < -0.4 is 4.74 Å². The van der Waals surface area contributed by atoms with Crippen molar-refractivity contribution < 1.29 is 9.84 Å². The lowest BCUT2D eigenvalue weighted by Crippen LogP contribution is -2.43. The molecule has 138 valence electrons. The number of hydrogen-bond donors (Lipinski definition) is 1. The van der Waals surface area contributed by atoms with Gasteiger partial charge in [0.2, 0.25) is 0 Å². The molecule has 0 atom stereocenters. The highest BCUT2D eigenvalue weighted by atomic mass is 79.9. The van der Waals surface area contributed by atoms with Crippen molar-refractivity contribution in [1.29, 1.82) is 0 Å². The first-order valence-corrected chi connectivity index (χ1v) is 9.48. The molecule has 3 rings (SSSR count). The average molecular weight is 418 g/mol. The third-order valence-electron chi connectivity index (χ3n) is 4.52. The number of phenolic OH excluding ortho intramolecular Hbond substituents is 1. The number of aromatic hydroxyl groups is 1. The molecule has 0 aliphatic carbocycles. The van der Waals surface area contributed by atoms with Gasteiger partial charge in [0.25, 0.3) is 0 Å². The Morgan fingerprint density at radius 2 is 1.85 bits per heavy atom. The van der Waals surface area contributed by atoms with Crippen molar-refractivity contribution in [2.75, 3.05) is 33.3 Å². The van der Waals surface area contributed by atoms with Crippen LogP contribution in [-0.2, 0) is 6.54 Å². The standard InChI is InChI=1S/C20H24BrN3O2/c1-15-3-5-16(6-4-15)14-23-7-9-24(10-8-23)22-13-17-11-18(21)20(25)19(12-17)26-2/h3-6,11-13,25H,7-10,14H2,1-2H3/b22-13-. The van der Waals surface area contributed by atoms with E-state index in [1.54, 1.807) is 6.07 Å². The molecule has 6 heteroatoms. The fourth-order valence-electron chi connectivity index (χ4n) is 2.93. The topological polar surface area (TPSA) is 48.3 Å². The number of ether oxygens (including phenoxy) is 1. The summed E-state index contributed by atoms with van der Waals surface area (Å²) in [5, 5.41) is 16.5. The van der Waals surface area contributed by atoms with E-state index in [9.17, 15) is 5.11 Å². The summed E-state index contributed by atoms with van der Waals surface area (Å²) in [5.41, 5.74) is 3.53. The van der Waals surface area contributed by atoms with Gasteiger partial charge in [-0.15, -0.1) is 0 Å². The van der Waals surface area contributed by atoms with Gasteiger partial charge >= 0.3 is 0 Å². The van der Waals surface area contributed by atoms with Gasteiger partial charge in [-0.3, -0.25) is 9.91 Å². The van der Waals surface area contributed by atoms with E-state index in [2.05, 4.69) is 62.1 Å². The molecule has 0 radical (unpaired) electrons. The number of hydrogen-bond acceptors (Lipinski definition) is 5. The zero-order valence-electron chi connectivity index (χ0n) is 15.2. The second-order valence-electron chi connectivity index (χ2n) is 6.51. The van der Waals surface area contributed by atoms with Crippen molar-refractivity contribution in [2.24, 2.45) is 5.10 Å². The van der Waals surface area contributed by atoms with Gasteiger partial charge in [0.1, 0.15) is 0 Å². The lowest BCUT2D eigenvalue weighted by molar-refractivity contribution is 0.131. The number of nitrogens with zero attached hydrogens (tertiary/aromatic N) is 3. The number of phenols is 1. The van der Waals surface area contributed by atoms with E-state index in [0.717, 1.165) is 38.3 Å². The molecule has 0 amide bonds. The largest absolute Gasteiger partial charge is 0.503 e. The van der Waals surface area contributed by atoms with Crippen molar-refractivity contribution in [3.63, 3.8) is 0 Å². The summed E-state index contributed by atoms with van der Waals surface area (Å²) >= 11 is 3.34. The molecular weight excluding hydrogens is 394 g/mol. The normalized spacial score (nSPS) is 15.6. The summed E-state index contributed by atoms with van der Waals surface area (Å²) in [6.45, 7) is 6.89. The SMILES string of the molecule is COc1cc(/C=N\N2CCN(Cc3ccc(C)cc3)CC2)cc(Br)c1O.